The van der Waals surface area contributed by atoms with Gasteiger partial charge in [-0.2, -0.15) is 0 Å². The third-order valence-corrected chi connectivity index (χ3v) is 3.15. The van der Waals surface area contributed by atoms with Gasteiger partial charge >= 0.3 is 0 Å². The minimum Gasteiger partial charge on any atom is -0.383 e. The fraction of sp³-hybridized carbons (Fsp3) is 1.00. The number of ether oxygens (including phenoxy) is 1. The van der Waals surface area contributed by atoms with Gasteiger partial charge in [0.1, 0.15) is 0 Å². The zero-order valence-corrected chi connectivity index (χ0v) is 13.4. The predicted molar refractivity (Wildman–Crippen MR) is 79.2 cm³/mol. The van der Waals surface area contributed by atoms with E-state index in [0.29, 0.717) is 18.1 Å². The van der Waals surface area contributed by atoms with Crippen LogP contribution in [0, 0.1) is 0 Å². The SMILES string of the molecule is CCN(C(C)CN(C)C)C(CNC(C)C)COC. The van der Waals surface area contributed by atoms with Gasteiger partial charge in [0.25, 0.3) is 0 Å². The Bertz CT molecular complexity index is 197. The summed E-state index contributed by atoms with van der Waals surface area (Å²) in [5, 5.41) is 3.52. The minimum atomic E-state index is 0.442. The van der Waals surface area contributed by atoms with Crippen LogP contribution in [0.4, 0.5) is 0 Å². The normalized spacial score (nSPS) is 15.7. The molecule has 0 aromatic rings. The predicted octanol–water partition coefficient (Wildman–Crippen LogP) is 1.27. The third-order valence-electron chi connectivity index (χ3n) is 3.15. The average Bonchev–Trinajstić information content (AvgIpc) is 2.25. The summed E-state index contributed by atoms with van der Waals surface area (Å²) in [6.45, 7) is 12.8. The van der Waals surface area contributed by atoms with E-state index >= 15 is 0 Å². The lowest BCUT2D eigenvalue weighted by molar-refractivity contribution is 0.0592. The van der Waals surface area contributed by atoms with Crippen molar-refractivity contribution in [2.75, 3.05) is 47.4 Å². The maximum Gasteiger partial charge on any atom is 0.0630 e. The zero-order valence-electron chi connectivity index (χ0n) is 13.4. The molecule has 1 N–H and O–H groups in total. The Morgan fingerprint density at radius 3 is 2.17 bits per heavy atom. The Labute approximate surface area is 114 Å². The van der Waals surface area contributed by atoms with Crippen molar-refractivity contribution < 1.29 is 4.74 Å². The molecule has 0 aliphatic heterocycles. The first-order chi connectivity index (χ1) is 8.42. The molecule has 110 valence electrons. The smallest absolute Gasteiger partial charge is 0.0630 e. The Morgan fingerprint density at radius 2 is 1.78 bits per heavy atom. The van der Waals surface area contributed by atoms with Crippen LogP contribution >= 0.6 is 0 Å². The van der Waals surface area contributed by atoms with E-state index in [-0.39, 0.29) is 0 Å². The molecule has 0 saturated heterocycles. The highest BCUT2D eigenvalue weighted by Crippen LogP contribution is 2.07. The Morgan fingerprint density at radius 1 is 1.17 bits per heavy atom. The molecular formula is C14H33N3O. The molecule has 0 aliphatic carbocycles. The van der Waals surface area contributed by atoms with Gasteiger partial charge in [-0.05, 0) is 27.6 Å². The van der Waals surface area contributed by atoms with Crippen molar-refractivity contribution in [1.82, 2.24) is 15.1 Å². The molecule has 0 amide bonds. The van der Waals surface area contributed by atoms with Crippen molar-refractivity contribution >= 4 is 0 Å². The minimum absolute atomic E-state index is 0.442. The molecule has 0 radical (unpaired) electrons. The summed E-state index contributed by atoms with van der Waals surface area (Å²) in [5.41, 5.74) is 0. The summed E-state index contributed by atoms with van der Waals surface area (Å²) >= 11 is 0. The highest BCUT2D eigenvalue weighted by atomic mass is 16.5. The monoisotopic (exact) mass is 259 g/mol. The van der Waals surface area contributed by atoms with Crippen LogP contribution in [0.3, 0.4) is 0 Å². The van der Waals surface area contributed by atoms with Gasteiger partial charge < -0.3 is 15.0 Å². The van der Waals surface area contributed by atoms with Crippen LogP contribution in [0.5, 0.6) is 0 Å². The average molecular weight is 259 g/mol. The van der Waals surface area contributed by atoms with E-state index in [1.807, 2.05) is 0 Å². The lowest BCUT2D eigenvalue weighted by Crippen LogP contribution is -2.52. The van der Waals surface area contributed by atoms with E-state index in [1.54, 1.807) is 7.11 Å². The maximum absolute atomic E-state index is 5.38. The topological polar surface area (TPSA) is 27.7 Å². The van der Waals surface area contributed by atoms with Crippen molar-refractivity contribution in [3.8, 4) is 0 Å². The summed E-state index contributed by atoms with van der Waals surface area (Å²) in [7, 11) is 6.04. The van der Waals surface area contributed by atoms with Crippen LogP contribution in [0.2, 0.25) is 0 Å². The van der Waals surface area contributed by atoms with Crippen LogP contribution in [0.1, 0.15) is 27.7 Å². The third kappa shape index (κ3) is 7.31. The summed E-state index contributed by atoms with van der Waals surface area (Å²) in [6.07, 6.45) is 0. The van der Waals surface area contributed by atoms with E-state index in [1.165, 1.54) is 0 Å². The Hall–Kier alpha value is -0.160. The van der Waals surface area contributed by atoms with Gasteiger partial charge in [0.05, 0.1) is 6.61 Å². The standard InChI is InChI=1S/C14H33N3O/c1-8-17(13(4)10-16(5)6)14(11-18-7)9-15-12(2)3/h12-15H,8-11H2,1-7H3. The highest BCUT2D eigenvalue weighted by molar-refractivity contribution is 4.79. The molecule has 2 atom stereocenters. The molecule has 4 nitrogen and oxygen atoms in total. The van der Waals surface area contributed by atoms with Crippen LogP contribution < -0.4 is 5.32 Å². The first-order valence-corrected chi connectivity index (χ1v) is 7.05. The van der Waals surface area contributed by atoms with E-state index < -0.39 is 0 Å². The second-order valence-electron chi connectivity index (χ2n) is 5.61. The molecule has 2 unspecified atom stereocenters. The number of nitrogens with one attached hydrogen (secondary N) is 1. The summed E-state index contributed by atoms with van der Waals surface area (Å²) in [4.78, 5) is 4.77. The van der Waals surface area contributed by atoms with Crippen LogP contribution in [-0.2, 0) is 4.74 Å². The number of rotatable bonds is 10. The molecule has 0 aliphatic rings. The van der Waals surface area contributed by atoms with Gasteiger partial charge in [0.2, 0.25) is 0 Å². The van der Waals surface area contributed by atoms with E-state index in [2.05, 4.69) is 56.9 Å². The number of methoxy groups -OCH3 is 1. The number of hydrogen-bond donors (Lipinski definition) is 1. The van der Waals surface area contributed by atoms with Gasteiger partial charge in [0, 0.05) is 38.3 Å². The fourth-order valence-corrected chi connectivity index (χ4v) is 2.40. The lowest BCUT2D eigenvalue weighted by Gasteiger charge is -2.37. The maximum atomic E-state index is 5.38. The molecule has 0 rings (SSSR count). The van der Waals surface area contributed by atoms with Gasteiger partial charge in [-0.25, -0.2) is 0 Å². The van der Waals surface area contributed by atoms with Crippen molar-refractivity contribution in [2.24, 2.45) is 0 Å². The molecule has 4 heteroatoms. The summed E-state index contributed by atoms with van der Waals surface area (Å²) in [5.74, 6) is 0. The van der Waals surface area contributed by atoms with Crippen LogP contribution in [0.25, 0.3) is 0 Å². The highest BCUT2D eigenvalue weighted by Gasteiger charge is 2.22. The van der Waals surface area contributed by atoms with Crippen LogP contribution in [0.15, 0.2) is 0 Å². The second kappa shape index (κ2) is 9.73. The van der Waals surface area contributed by atoms with Gasteiger partial charge in [-0.15, -0.1) is 0 Å². The molecule has 0 saturated carbocycles. The zero-order chi connectivity index (χ0) is 14.1. The van der Waals surface area contributed by atoms with E-state index in [4.69, 9.17) is 4.74 Å². The summed E-state index contributed by atoms with van der Waals surface area (Å²) < 4.78 is 5.38. The molecule has 0 heterocycles. The van der Waals surface area contributed by atoms with E-state index in [0.717, 1.165) is 26.2 Å². The first-order valence-electron chi connectivity index (χ1n) is 7.05. The number of hydrogen-bond acceptors (Lipinski definition) is 4. The van der Waals surface area contributed by atoms with Gasteiger partial charge in [0.15, 0.2) is 0 Å². The number of nitrogens with zero attached hydrogens (tertiary/aromatic N) is 2. The molecule has 18 heavy (non-hydrogen) atoms. The van der Waals surface area contributed by atoms with Gasteiger partial charge in [-0.1, -0.05) is 20.8 Å². The van der Waals surface area contributed by atoms with Crippen molar-refractivity contribution in [3.05, 3.63) is 0 Å². The van der Waals surface area contributed by atoms with E-state index in [9.17, 15) is 0 Å². The molecule has 0 aromatic carbocycles. The van der Waals surface area contributed by atoms with Crippen molar-refractivity contribution in [1.29, 1.82) is 0 Å². The fourth-order valence-electron chi connectivity index (χ4n) is 2.40. The van der Waals surface area contributed by atoms with Crippen molar-refractivity contribution in [3.63, 3.8) is 0 Å². The Balaban J connectivity index is 4.48. The summed E-state index contributed by atoms with van der Waals surface area (Å²) in [6, 6.07) is 1.50. The largest absolute Gasteiger partial charge is 0.383 e. The van der Waals surface area contributed by atoms with Crippen molar-refractivity contribution in [2.45, 2.75) is 45.8 Å². The number of likely N-dealkylation sites (N-methyl/N-ethyl adjacent to an activating group) is 2. The molecule has 0 spiro atoms. The molecule has 0 aromatic heterocycles. The Kier molecular flexibility index (Phi) is 9.64. The van der Waals surface area contributed by atoms with Gasteiger partial charge in [-0.3, -0.25) is 4.90 Å². The lowest BCUT2D eigenvalue weighted by atomic mass is 10.1. The second-order valence-corrected chi connectivity index (χ2v) is 5.61. The first kappa shape index (κ1) is 17.8. The molecule has 0 fully saturated rings. The van der Waals surface area contributed by atoms with Crippen LogP contribution in [-0.4, -0.2) is 75.4 Å². The quantitative estimate of drug-likeness (QED) is 0.639. The molecular weight excluding hydrogens is 226 g/mol. The molecule has 0 bridgehead atoms.